The molecule has 2 rings (SSSR count). The van der Waals surface area contributed by atoms with Gasteiger partial charge in [0.1, 0.15) is 11.9 Å². The van der Waals surface area contributed by atoms with Crippen molar-refractivity contribution in [1.82, 2.24) is 0 Å². The van der Waals surface area contributed by atoms with Crippen LogP contribution in [0.15, 0.2) is 54.6 Å². The topological polar surface area (TPSA) is 63.6 Å². The Morgan fingerprint density at radius 2 is 1.57 bits per heavy atom. The average molecular weight is 284 g/mol. The Morgan fingerprint density at radius 1 is 1.00 bits per heavy atom. The van der Waals surface area contributed by atoms with Crippen LogP contribution in [0.4, 0.5) is 0 Å². The number of carboxylic acid groups (broad SMARTS) is 1. The molecule has 0 aliphatic carbocycles. The van der Waals surface area contributed by atoms with Crippen molar-refractivity contribution in [1.29, 1.82) is 0 Å². The number of aliphatic carboxylic acids is 1. The van der Waals surface area contributed by atoms with Crippen LogP contribution in [-0.4, -0.2) is 23.0 Å². The zero-order valence-electron chi connectivity index (χ0n) is 11.7. The predicted octanol–water partition coefficient (Wildman–Crippen LogP) is 3.16. The van der Waals surface area contributed by atoms with Gasteiger partial charge in [-0.2, -0.15) is 0 Å². The van der Waals surface area contributed by atoms with Crippen molar-refractivity contribution in [3.8, 4) is 5.75 Å². The fourth-order valence-electron chi connectivity index (χ4n) is 1.96. The maximum Gasteiger partial charge on any atom is 0.307 e. The zero-order valence-corrected chi connectivity index (χ0v) is 11.7. The average Bonchev–Trinajstić information content (AvgIpc) is 2.47. The summed E-state index contributed by atoms with van der Waals surface area (Å²) in [5.74, 6) is -0.410. The third-order valence-electron chi connectivity index (χ3n) is 2.95. The summed E-state index contributed by atoms with van der Waals surface area (Å²) in [6.07, 6.45) is -0.483. The first kappa shape index (κ1) is 14.8. The van der Waals surface area contributed by atoms with E-state index in [1.807, 2.05) is 18.2 Å². The quantitative estimate of drug-likeness (QED) is 0.828. The van der Waals surface area contributed by atoms with E-state index in [-0.39, 0.29) is 12.2 Å². The molecule has 0 saturated heterocycles. The van der Waals surface area contributed by atoms with Gasteiger partial charge in [-0.25, -0.2) is 0 Å². The van der Waals surface area contributed by atoms with Crippen LogP contribution in [0, 0.1) is 0 Å². The maximum absolute atomic E-state index is 12.2. The number of ketones is 1. The van der Waals surface area contributed by atoms with E-state index in [0.717, 1.165) is 0 Å². The molecule has 2 aromatic carbocycles. The molecule has 0 aliphatic rings. The van der Waals surface area contributed by atoms with Crippen molar-refractivity contribution in [3.63, 3.8) is 0 Å². The van der Waals surface area contributed by atoms with E-state index in [2.05, 4.69) is 0 Å². The third kappa shape index (κ3) is 4.18. The molecule has 1 N–H and O–H groups in total. The van der Waals surface area contributed by atoms with Gasteiger partial charge in [0.05, 0.1) is 6.42 Å². The highest BCUT2D eigenvalue weighted by Crippen LogP contribution is 2.17. The van der Waals surface area contributed by atoms with Crippen LogP contribution in [0.2, 0.25) is 0 Å². The number of carbonyl (C=O) groups excluding carboxylic acids is 1. The molecule has 0 aromatic heterocycles. The molecule has 0 heterocycles. The summed E-state index contributed by atoms with van der Waals surface area (Å²) in [5, 5.41) is 8.68. The number of carbonyl (C=O) groups is 2. The summed E-state index contributed by atoms with van der Waals surface area (Å²) in [5.41, 5.74) is 1.20. The third-order valence-corrected chi connectivity index (χ3v) is 2.95. The van der Waals surface area contributed by atoms with E-state index in [4.69, 9.17) is 9.84 Å². The molecule has 0 spiro atoms. The van der Waals surface area contributed by atoms with Gasteiger partial charge in [0.2, 0.25) is 0 Å². The minimum Gasteiger partial charge on any atom is -0.490 e. The fraction of sp³-hybridized carbons (Fsp3) is 0.176. The Kier molecular flexibility index (Phi) is 4.72. The fourth-order valence-corrected chi connectivity index (χ4v) is 1.96. The first-order valence-corrected chi connectivity index (χ1v) is 6.64. The van der Waals surface area contributed by atoms with Gasteiger partial charge in [-0.05, 0) is 31.2 Å². The molecule has 4 heteroatoms. The van der Waals surface area contributed by atoms with E-state index in [0.29, 0.717) is 16.9 Å². The van der Waals surface area contributed by atoms with Gasteiger partial charge < -0.3 is 9.84 Å². The second-order valence-electron chi connectivity index (χ2n) is 4.75. The van der Waals surface area contributed by atoms with Crippen molar-refractivity contribution in [2.75, 3.05) is 0 Å². The number of hydrogen-bond donors (Lipinski definition) is 1. The highest BCUT2D eigenvalue weighted by atomic mass is 16.5. The van der Waals surface area contributed by atoms with Crippen molar-refractivity contribution in [3.05, 3.63) is 65.7 Å². The molecule has 21 heavy (non-hydrogen) atoms. The Bertz CT molecular complexity index is 617. The van der Waals surface area contributed by atoms with Gasteiger partial charge in [-0.1, -0.05) is 30.3 Å². The second-order valence-corrected chi connectivity index (χ2v) is 4.75. The SMILES string of the molecule is C[C@@H](CC(=O)O)Oc1ccc(C(=O)c2ccccc2)cc1. The number of rotatable bonds is 6. The Morgan fingerprint density at radius 3 is 2.14 bits per heavy atom. The normalized spacial score (nSPS) is 11.7. The lowest BCUT2D eigenvalue weighted by atomic mass is 10.0. The van der Waals surface area contributed by atoms with Crippen molar-refractivity contribution in [2.45, 2.75) is 19.4 Å². The Balaban J connectivity index is 2.05. The van der Waals surface area contributed by atoms with Crippen molar-refractivity contribution >= 4 is 11.8 Å². The molecule has 0 radical (unpaired) electrons. The van der Waals surface area contributed by atoms with E-state index in [1.54, 1.807) is 43.3 Å². The number of hydrogen-bond acceptors (Lipinski definition) is 3. The van der Waals surface area contributed by atoms with Gasteiger partial charge in [-0.15, -0.1) is 0 Å². The number of ether oxygens (including phenoxy) is 1. The van der Waals surface area contributed by atoms with Gasteiger partial charge in [0, 0.05) is 11.1 Å². The standard InChI is InChI=1S/C17H16O4/c1-12(11-16(18)19)21-15-9-7-14(8-10-15)17(20)13-5-3-2-4-6-13/h2-10,12H,11H2,1H3,(H,18,19)/t12-/m0/s1. The van der Waals surface area contributed by atoms with Crippen LogP contribution in [0.3, 0.4) is 0 Å². The molecule has 0 aliphatic heterocycles. The van der Waals surface area contributed by atoms with Crippen LogP contribution in [0.25, 0.3) is 0 Å². The lowest BCUT2D eigenvalue weighted by Crippen LogP contribution is -2.16. The highest BCUT2D eigenvalue weighted by molar-refractivity contribution is 6.08. The van der Waals surface area contributed by atoms with Gasteiger partial charge >= 0.3 is 5.97 Å². The molecule has 2 aromatic rings. The molecule has 0 fully saturated rings. The number of benzene rings is 2. The molecule has 0 amide bonds. The van der Waals surface area contributed by atoms with Gasteiger partial charge in [0.15, 0.2) is 5.78 Å². The molecule has 0 bridgehead atoms. The predicted molar refractivity (Wildman–Crippen MR) is 78.7 cm³/mol. The van der Waals surface area contributed by atoms with E-state index in [9.17, 15) is 9.59 Å². The van der Waals surface area contributed by atoms with Crippen molar-refractivity contribution < 1.29 is 19.4 Å². The summed E-state index contributed by atoms with van der Waals surface area (Å²) in [7, 11) is 0. The highest BCUT2D eigenvalue weighted by Gasteiger charge is 2.11. The minimum absolute atomic E-state index is 0.0549. The summed E-state index contributed by atoms with van der Waals surface area (Å²) < 4.78 is 5.47. The summed E-state index contributed by atoms with van der Waals surface area (Å²) >= 11 is 0. The Hall–Kier alpha value is -2.62. The largest absolute Gasteiger partial charge is 0.490 e. The van der Waals surface area contributed by atoms with E-state index < -0.39 is 12.1 Å². The monoisotopic (exact) mass is 284 g/mol. The Labute approximate surface area is 123 Å². The maximum atomic E-state index is 12.2. The first-order valence-electron chi connectivity index (χ1n) is 6.64. The molecule has 4 nitrogen and oxygen atoms in total. The molecule has 108 valence electrons. The van der Waals surface area contributed by atoms with E-state index in [1.165, 1.54) is 0 Å². The van der Waals surface area contributed by atoms with Crippen LogP contribution >= 0.6 is 0 Å². The van der Waals surface area contributed by atoms with Crippen LogP contribution < -0.4 is 4.74 Å². The van der Waals surface area contributed by atoms with Crippen LogP contribution in [-0.2, 0) is 4.79 Å². The summed E-state index contributed by atoms with van der Waals surface area (Å²) in [6.45, 7) is 1.69. The minimum atomic E-state index is -0.904. The molecule has 1 atom stereocenters. The lowest BCUT2D eigenvalue weighted by Gasteiger charge is -2.12. The molecular formula is C17H16O4. The first-order chi connectivity index (χ1) is 10.1. The van der Waals surface area contributed by atoms with Gasteiger partial charge in [0.25, 0.3) is 0 Å². The van der Waals surface area contributed by atoms with E-state index >= 15 is 0 Å². The smallest absolute Gasteiger partial charge is 0.307 e. The van der Waals surface area contributed by atoms with Crippen LogP contribution in [0.1, 0.15) is 29.3 Å². The summed E-state index contributed by atoms with van der Waals surface area (Å²) in [4.78, 5) is 22.8. The second kappa shape index (κ2) is 6.70. The molecule has 0 saturated carbocycles. The summed E-state index contributed by atoms with van der Waals surface area (Å²) in [6, 6.07) is 15.7. The van der Waals surface area contributed by atoms with Crippen molar-refractivity contribution in [2.24, 2.45) is 0 Å². The molecule has 0 unspecified atom stereocenters. The van der Waals surface area contributed by atoms with Gasteiger partial charge in [-0.3, -0.25) is 9.59 Å². The lowest BCUT2D eigenvalue weighted by molar-refractivity contribution is -0.138. The number of carboxylic acids is 1. The van der Waals surface area contributed by atoms with Crippen LogP contribution in [0.5, 0.6) is 5.75 Å². The zero-order chi connectivity index (χ0) is 15.2. The molecular weight excluding hydrogens is 268 g/mol.